The third-order valence-corrected chi connectivity index (χ3v) is 3.64. The van der Waals surface area contributed by atoms with Crippen molar-refractivity contribution < 1.29 is 38.6 Å². The Morgan fingerprint density at radius 2 is 1.82 bits per heavy atom. The van der Waals surface area contributed by atoms with E-state index in [9.17, 15) is 24.6 Å². The van der Waals surface area contributed by atoms with Gasteiger partial charge in [-0.25, -0.2) is 9.59 Å². The molecule has 0 saturated carbocycles. The molecule has 13 nitrogen and oxygen atoms in total. The SMILES string of the molecule is CSCCC(NC(=O)OCCOCCO[N+](=O)[O-])C(=O)OCCCCON=O. The maximum atomic E-state index is 12.1. The molecular formula is C14H25N3O10S. The summed E-state index contributed by atoms with van der Waals surface area (Å²) in [5.41, 5.74) is 0. The second-order valence-corrected chi connectivity index (χ2v) is 6.05. The number of amides is 1. The van der Waals surface area contributed by atoms with Crippen molar-refractivity contribution in [3.63, 3.8) is 0 Å². The molecule has 1 unspecified atom stereocenters. The highest BCUT2D eigenvalue weighted by Gasteiger charge is 2.22. The third-order valence-electron chi connectivity index (χ3n) is 3.00. The summed E-state index contributed by atoms with van der Waals surface area (Å²) in [7, 11) is 0. The minimum Gasteiger partial charge on any atom is -0.464 e. The van der Waals surface area contributed by atoms with Gasteiger partial charge in [-0.2, -0.15) is 11.8 Å². The van der Waals surface area contributed by atoms with Crippen molar-refractivity contribution in [2.75, 3.05) is 51.6 Å². The average molecular weight is 427 g/mol. The first-order valence-electron chi connectivity index (χ1n) is 8.39. The van der Waals surface area contributed by atoms with E-state index < -0.39 is 23.2 Å². The van der Waals surface area contributed by atoms with E-state index in [0.29, 0.717) is 25.0 Å². The molecule has 0 rings (SSSR count). The van der Waals surface area contributed by atoms with Crippen molar-refractivity contribution in [3.8, 4) is 0 Å². The number of rotatable bonds is 18. The van der Waals surface area contributed by atoms with Crippen molar-refractivity contribution >= 4 is 23.8 Å². The molecule has 0 aliphatic rings. The Kier molecular flexibility index (Phi) is 16.5. The lowest BCUT2D eigenvalue weighted by Gasteiger charge is -2.17. The fourth-order valence-electron chi connectivity index (χ4n) is 1.71. The van der Waals surface area contributed by atoms with Crippen LogP contribution in [0.4, 0.5) is 4.79 Å². The molecule has 0 saturated heterocycles. The Hall–Kier alpha value is -2.35. The van der Waals surface area contributed by atoms with E-state index in [4.69, 9.17) is 14.2 Å². The first-order chi connectivity index (χ1) is 13.5. The summed E-state index contributed by atoms with van der Waals surface area (Å²) >= 11 is 1.51. The number of hydrogen-bond acceptors (Lipinski definition) is 12. The van der Waals surface area contributed by atoms with Gasteiger partial charge in [0, 0.05) is 0 Å². The van der Waals surface area contributed by atoms with Crippen molar-refractivity contribution in [3.05, 3.63) is 15.0 Å². The Morgan fingerprint density at radius 1 is 1.11 bits per heavy atom. The van der Waals surface area contributed by atoms with E-state index in [-0.39, 0.29) is 39.6 Å². The van der Waals surface area contributed by atoms with E-state index in [0.717, 1.165) is 0 Å². The molecular weight excluding hydrogens is 402 g/mol. The quantitative estimate of drug-likeness (QED) is 0.109. The highest BCUT2D eigenvalue weighted by molar-refractivity contribution is 7.98. The molecule has 0 aliphatic heterocycles. The summed E-state index contributed by atoms with van der Waals surface area (Å²) in [6.45, 7) is -0.0664. The molecule has 1 atom stereocenters. The predicted molar refractivity (Wildman–Crippen MR) is 97.0 cm³/mol. The van der Waals surface area contributed by atoms with Crippen LogP contribution < -0.4 is 5.32 Å². The minimum atomic E-state index is -0.933. The third kappa shape index (κ3) is 15.9. The topological polar surface area (TPSA) is 165 Å². The summed E-state index contributed by atoms with van der Waals surface area (Å²) in [6.07, 6.45) is 2.40. The molecule has 28 heavy (non-hydrogen) atoms. The van der Waals surface area contributed by atoms with Gasteiger partial charge in [0.25, 0.3) is 5.09 Å². The van der Waals surface area contributed by atoms with Crippen LogP contribution in [-0.4, -0.2) is 74.8 Å². The molecule has 14 heteroatoms. The zero-order valence-electron chi connectivity index (χ0n) is 15.5. The lowest BCUT2D eigenvalue weighted by atomic mass is 10.2. The van der Waals surface area contributed by atoms with Gasteiger partial charge in [0.1, 0.15) is 25.9 Å². The Labute approximate surface area is 165 Å². The normalized spacial score (nSPS) is 11.2. The van der Waals surface area contributed by atoms with Gasteiger partial charge < -0.3 is 29.2 Å². The molecule has 0 heterocycles. The number of carbonyl (C=O) groups is 2. The monoisotopic (exact) mass is 427 g/mol. The van der Waals surface area contributed by atoms with Gasteiger partial charge in [-0.05, 0) is 31.3 Å². The second kappa shape index (κ2) is 18.0. The first-order valence-corrected chi connectivity index (χ1v) is 9.79. The number of unbranched alkanes of at least 4 members (excludes halogenated alkanes) is 1. The largest absolute Gasteiger partial charge is 0.464 e. The predicted octanol–water partition coefficient (Wildman–Crippen LogP) is 1.08. The number of nitrogens with one attached hydrogen (secondary N) is 1. The van der Waals surface area contributed by atoms with Gasteiger partial charge in [0.15, 0.2) is 5.34 Å². The molecule has 0 bridgehead atoms. The zero-order chi connectivity index (χ0) is 21.0. The van der Waals surface area contributed by atoms with Crippen LogP contribution in [0.1, 0.15) is 19.3 Å². The van der Waals surface area contributed by atoms with Crippen LogP contribution in [0.15, 0.2) is 5.34 Å². The Balaban J connectivity index is 4.03. The number of ether oxygens (including phenoxy) is 3. The first kappa shape index (κ1) is 25.6. The van der Waals surface area contributed by atoms with Crippen LogP contribution in [0.25, 0.3) is 0 Å². The van der Waals surface area contributed by atoms with Crippen LogP contribution in [0.5, 0.6) is 0 Å². The van der Waals surface area contributed by atoms with Gasteiger partial charge in [0.2, 0.25) is 0 Å². The highest BCUT2D eigenvalue weighted by Crippen LogP contribution is 2.04. The van der Waals surface area contributed by atoms with E-state index >= 15 is 0 Å². The van der Waals surface area contributed by atoms with Crippen LogP contribution in [-0.2, 0) is 28.7 Å². The van der Waals surface area contributed by atoms with Crippen LogP contribution in [0.3, 0.4) is 0 Å². The summed E-state index contributed by atoms with van der Waals surface area (Å²) in [4.78, 5) is 51.9. The van der Waals surface area contributed by atoms with E-state index in [1.165, 1.54) is 11.8 Å². The smallest absolute Gasteiger partial charge is 0.407 e. The maximum absolute atomic E-state index is 12.1. The van der Waals surface area contributed by atoms with Gasteiger partial charge in [0.05, 0.1) is 19.8 Å². The standard InChI is InChI=1S/C14H25N3O10S/c1-28-11-4-12(13(18)24-5-2-3-6-26-16-20)15-14(19)25-9-7-23-8-10-27-17(21)22/h12H,2-11H2,1H3,(H,15,19). The van der Waals surface area contributed by atoms with Crippen molar-refractivity contribution in [1.29, 1.82) is 0 Å². The summed E-state index contributed by atoms with van der Waals surface area (Å²) in [5, 5.41) is 13.7. The Bertz CT molecular complexity index is 469. The van der Waals surface area contributed by atoms with Crippen molar-refractivity contribution in [2.24, 2.45) is 5.34 Å². The van der Waals surface area contributed by atoms with Gasteiger partial charge in [-0.1, -0.05) is 0 Å². The maximum Gasteiger partial charge on any atom is 0.407 e. The minimum absolute atomic E-state index is 0.0200. The van der Waals surface area contributed by atoms with Gasteiger partial charge in [-0.15, -0.1) is 15.0 Å². The molecule has 0 aromatic heterocycles. The summed E-state index contributed by atoms with van der Waals surface area (Å²) < 4.78 is 15.0. The van der Waals surface area contributed by atoms with Crippen LogP contribution in [0, 0.1) is 15.0 Å². The fraction of sp³-hybridized carbons (Fsp3) is 0.857. The number of hydrogen-bond donors (Lipinski definition) is 1. The lowest BCUT2D eigenvalue weighted by molar-refractivity contribution is -0.758. The number of thioether (sulfide) groups is 1. The van der Waals surface area contributed by atoms with Crippen LogP contribution >= 0.6 is 11.8 Å². The summed E-state index contributed by atoms with van der Waals surface area (Å²) in [6, 6.07) is -0.859. The molecule has 162 valence electrons. The average Bonchev–Trinajstić information content (AvgIpc) is 2.66. The lowest BCUT2D eigenvalue weighted by Crippen LogP contribution is -2.43. The second-order valence-electron chi connectivity index (χ2n) is 5.07. The zero-order valence-corrected chi connectivity index (χ0v) is 16.4. The number of carbonyl (C=O) groups excluding carboxylic acids is 2. The molecule has 0 aromatic rings. The summed E-state index contributed by atoms with van der Waals surface area (Å²) in [5.74, 6) is 0.0342. The molecule has 0 fully saturated rings. The van der Waals surface area contributed by atoms with Crippen LogP contribution in [0.2, 0.25) is 0 Å². The van der Waals surface area contributed by atoms with Gasteiger partial charge >= 0.3 is 12.1 Å². The molecule has 0 aromatic carbocycles. The molecule has 0 aliphatic carbocycles. The number of esters is 1. The number of nitrogens with zero attached hydrogens (tertiary/aromatic N) is 2. The molecule has 0 radical (unpaired) electrons. The molecule has 1 amide bonds. The molecule has 0 spiro atoms. The van der Waals surface area contributed by atoms with E-state index in [1.807, 2.05) is 6.26 Å². The van der Waals surface area contributed by atoms with Crippen molar-refractivity contribution in [2.45, 2.75) is 25.3 Å². The number of alkyl carbamates (subject to hydrolysis) is 1. The van der Waals surface area contributed by atoms with Crippen molar-refractivity contribution in [1.82, 2.24) is 5.32 Å². The fourth-order valence-corrected chi connectivity index (χ4v) is 2.19. The Morgan fingerprint density at radius 3 is 2.50 bits per heavy atom. The highest BCUT2D eigenvalue weighted by atomic mass is 32.2. The van der Waals surface area contributed by atoms with E-state index in [1.54, 1.807) is 0 Å². The molecule has 1 N–H and O–H groups in total. The van der Waals surface area contributed by atoms with E-state index in [2.05, 4.69) is 20.3 Å². The van der Waals surface area contributed by atoms with Gasteiger partial charge in [-0.3, -0.25) is 0 Å².